The first kappa shape index (κ1) is 22.0. The monoisotopic (exact) mass is 483 g/mol. The second-order valence-corrected chi connectivity index (χ2v) is 9.57. The van der Waals surface area contributed by atoms with E-state index in [1.807, 2.05) is 12.1 Å². The molecule has 5 rings (SSSR count). The minimum Gasteiger partial charge on any atom is -0.484 e. The van der Waals surface area contributed by atoms with Crippen LogP contribution in [0.3, 0.4) is 0 Å². The highest BCUT2D eigenvalue weighted by molar-refractivity contribution is 6.35. The van der Waals surface area contributed by atoms with Crippen molar-refractivity contribution < 1.29 is 4.74 Å². The Kier molecular flexibility index (Phi) is 5.48. The Balaban J connectivity index is 1.55. The van der Waals surface area contributed by atoms with Crippen molar-refractivity contribution in [1.29, 1.82) is 5.26 Å². The van der Waals surface area contributed by atoms with Gasteiger partial charge in [0.15, 0.2) is 0 Å². The van der Waals surface area contributed by atoms with Crippen LogP contribution in [-0.2, 0) is 7.05 Å². The van der Waals surface area contributed by atoms with Crippen LogP contribution in [0.4, 0.5) is 5.69 Å². The van der Waals surface area contributed by atoms with Crippen LogP contribution in [0.5, 0.6) is 5.75 Å². The van der Waals surface area contributed by atoms with Crippen LogP contribution in [0.2, 0.25) is 10.0 Å². The maximum absolute atomic E-state index is 13.0. The summed E-state index contributed by atoms with van der Waals surface area (Å²) < 4.78 is 7.56. The number of halogens is 2. The van der Waals surface area contributed by atoms with E-state index in [1.165, 1.54) is 4.57 Å². The fourth-order valence-electron chi connectivity index (χ4n) is 5.04. The smallest absolute Gasteiger partial charge is 0.295 e. The minimum absolute atomic E-state index is 0.0325. The fraction of sp³-hybridized carbons (Fsp3) is 0.375. The lowest BCUT2D eigenvalue weighted by atomic mass is 9.98. The SMILES string of the molecule is CC(c1ccc(Cl)cc1Cl)N1C[C@H]2COc3c(c4nc(C#N)ccc4n(C)c3=O)N2C[C@H]1C. The van der Waals surface area contributed by atoms with Crippen LogP contribution < -0.4 is 15.2 Å². The lowest BCUT2D eigenvalue weighted by Crippen LogP contribution is -2.61. The molecule has 0 spiro atoms. The van der Waals surface area contributed by atoms with Gasteiger partial charge in [-0.15, -0.1) is 0 Å². The quantitative estimate of drug-likeness (QED) is 0.545. The maximum atomic E-state index is 13.0. The summed E-state index contributed by atoms with van der Waals surface area (Å²) in [6, 6.07) is 11.4. The topological polar surface area (TPSA) is 74.4 Å². The first-order valence-corrected chi connectivity index (χ1v) is 11.6. The zero-order valence-electron chi connectivity index (χ0n) is 18.5. The summed E-state index contributed by atoms with van der Waals surface area (Å²) in [5, 5.41) is 10.7. The molecule has 3 aromatic rings. The van der Waals surface area contributed by atoms with E-state index in [4.69, 9.17) is 27.9 Å². The Labute approximate surface area is 201 Å². The predicted octanol–water partition coefficient (Wildman–Crippen LogP) is 4.14. The molecule has 4 heterocycles. The molecule has 2 aromatic heterocycles. The molecule has 1 aromatic carbocycles. The Morgan fingerprint density at radius 1 is 1.24 bits per heavy atom. The molecule has 0 aliphatic carbocycles. The molecule has 1 saturated heterocycles. The van der Waals surface area contributed by atoms with Crippen LogP contribution in [0.25, 0.3) is 11.0 Å². The lowest BCUT2D eigenvalue weighted by Gasteiger charge is -2.50. The van der Waals surface area contributed by atoms with E-state index in [2.05, 4.69) is 34.7 Å². The van der Waals surface area contributed by atoms with E-state index >= 15 is 0 Å². The van der Waals surface area contributed by atoms with Gasteiger partial charge in [0.2, 0.25) is 5.75 Å². The summed E-state index contributed by atoms with van der Waals surface area (Å²) in [6.45, 7) is 6.14. The van der Waals surface area contributed by atoms with Crippen LogP contribution in [0.15, 0.2) is 35.1 Å². The molecular weight excluding hydrogens is 461 g/mol. The number of nitriles is 1. The summed E-state index contributed by atoms with van der Waals surface area (Å²) in [6.07, 6.45) is 0. The number of hydrogen-bond acceptors (Lipinski definition) is 6. The molecule has 0 N–H and O–H groups in total. The number of aromatic nitrogens is 2. The highest BCUT2D eigenvalue weighted by Crippen LogP contribution is 2.41. The number of ether oxygens (including phenoxy) is 1. The zero-order valence-corrected chi connectivity index (χ0v) is 20.1. The number of nitrogens with zero attached hydrogens (tertiary/aromatic N) is 5. The van der Waals surface area contributed by atoms with Gasteiger partial charge in [-0.05, 0) is 43.7 Å². The van der Waals surface area contributed by atoms with E-state index in [0.29, 0.717) is 51.4 Å². The molecule has 0 radical (unpaired) electrons. The third kappa shape index (κ3) is 3.54. The Hall–Kier alpha value is -2.79. The van der Waals surface area contributed by atoms with Gasteiger partial charge >= 0.3 is 0 Å². The predicted molar refractivity (Wildman–Crippen MR) is 129 cm³/mol. The number of hydrogen-bond donors (Lipinski definition) is 0. The average molecular weight is 484 g/mol. The molecule has 2 aliphatic rings. The molecule has 1 fully saturated rings. The summed E-state index contributed by atoms with van der Waals surface area (Å²) in [4.78, 5) is 22.2. The number of benzene rings is 1. The van der Waals surface area contributed by atoms with Gasteiger partial charge in [0.25, 0.3) is 5.56 Å². The number of anilines is 1. The van der Waals surface area contributed by atoms with Crippen molar-refractivity contribution >= 4 is 39.9 Å². The highest BCUT2D eigenvalue weighted by Gasteiger charge is 2.40. The highest BCUT2D eigenvalue weighted by atomic mass is 35.5. The standard InChI is InChI=1S/C24H23Cl2N5O2/c1-13-10-31-17(11-30(13)14(2)18-6-4-15(25)8-19(18)26)12-33-23-22(31)21-20(29(3)24(23)32)7-5-16(9-27)28-21/h4-8,13-14,17H,10-12H2,1-3H3/t13-,14?,17+/m1/s1. The first-order chi connectivity index (χ1) is 15.8. The molecule has 1 unspecified atom stereocenters. The van der Waals surface area contributed by atoms with E-state index in [-0.39, 0.29) is 23.7 Å². The van der Waals surface area contributed by atoms with Gasteiger partial charge in [-0.25, -0.2) is 4.98 Å². The van der Waals surface area contributed by atoms with Crippen molar-refractivity contribution in [2.45, 2.75) is 32.0 Å². The molecule has 9 heteroatoms. The molecule has 3 atom stereocenters. The van der Waals surface area contributed by atoms with Gasteiger partial charge in [0.1, 0.15) is 29.6 Å². The van der Waals surface area contributed by atoms with Crippen LogP contribution in [-0.4, -0.2) is 46.2 Å². The minimum atomic E-state index is -0.196. The number of pyridine rings is 2. The summed E-state index contributed by atoms with van der Waals surface area (Å²) in [7, 11) is 1.70. The van der Waals surface area contributed by atoms with E-state index in [1.54, 1.807) is 25.2 Å². The molecule has 0 saturated carbocycles. The number of fused-ring (bicyclic) bond motifs is 5. The van der Waals surface area contributed by atoms with E-state index in [0.717, 1.165) is 12.1 Å². The average Bonchev–Trinajstić information content (AvgIpc) is 2.80. The number of rotatable bonds is 2. The lowest BCUT2D eigenvalue weighted by molar-refractivity contribution is 0.0918. The molecule has 7 nitrogen and oxygen atoms in total. The van der Waals surface area contributed by atoms with Gasteiger partial charge in [-0.1, -0.05) is 29.3 Å². The van der Waals surface area contributed by atoms with Gasteiger partial charge in [-0.2, -0.15) is 5.26 Å². The van der Waals surface area contributed by atoms with Gasteiger partial charge in [0.05, 0.1) is 11.6 Å². The molecular formula is C24H23Cl2N5O2. The normalized spacial score (nSPS) is 21.2. The maximum Gasteiger partial charge on any atom is 0.295 e. The first-order valence-electron chi connectivity index (χ1n) is 10.8. The zero-order chi connectivity index (χ0) is 23.4. The Bertz CT molecular complexity index is 1370. The molecule has 170 valence electrons. The third-order valence-corrected chi connectivity index (χ3v) is 7.36. The molecule has 0 amide bonds. The van der Waals surface area contributed by atoms with Crippen LogP contribution >= 0.6 is 23.2 Å². The second-order valence-electron chi connectivity index (χ2n) is 8.72. The molecule has 33 heavy (non-hydrogen) atoms. The van der Waals surface area contributed by atoms with Gasteiger partial charge < -0.3 is 14.2 Å². The fourth-order valence-corrected chi connectivity index (χ4v) is 5.61. The Morgan fingerprint density at radius 2 is 2.03 bits per heavy atom. The van der Waals surface area contributed by atoms with Crippen molar-refractivity contribution in [2.75, 3.05) is 24.6 Å². The van der Waals surface area contributed by atoms with Crippen LogP contribution in [0, 0.1) is 11.3 Å². The van der Waals surface area contributed by atoms with Gasteiger partial charge in [-0.3, -0.25) is 9.69 Å². The second kappa shape index (κ2) is 8.21. The molecule has 2 aliphatic heterocycles. The van der Waals surface area contributed by atoms with Crippen molar-refractivity contribution in [3.63, 3.8) is 0 Å². The van der Waals surface area contributed by atoms with Gasteiger partial charge in [0, 0.05) is 42.3 Å². The largest absolute Gasteiger partial charge is 0.484 e. The van der Waals surface area contributed by atoms with Crippen molar-refractivity contribution in [2.24, 2.45) is 7.05 Å². The van der Waals surface area contributed by atoms with Crippen molar-refractivity contribution in [1.82, 2.24) is 14.5 Å². The van der Waals surface area contributed by atoms with E-state index < -0.39 is 0 Å². The van der Waals surface area contributed by atoms with E-state index in [9.17, 15) is 10.1 Å². The Morgan fingerprint density at radius 3 is 2.76 bits per heavy atom. The summed E-state index contributed by atoms with van der Waals surface area (Å²) in [5.74, 6) is 0.304. The third-order valence-electron chi connectivity index (χ3n) is 6.79. The van der Waals surface area contributed by atoms with Crippen LogP contribution in [0.1, 0.15) is 31.1 Å². The summed E-state index contributed by atoms with van der Waals surface area (Å²) >= 11 is 12.6. The number of aryl methyl sites for hydroxylation is 1. The number of piperazine rings is 1. The van der Waals surface area contributed by atoms with Crippen molar-refractivity contribution in [3.8, 4) is 11.8 Å². The molecule has 0 bridgehead atoms. The van der Waals surface area contributed by atoms with Crippen molar-refractivity contribution in [3.05, 3.63) is 62.0 Å². The summed E-state index contributed by atoms with van der Waals surface area (Å²) in [5.41, 5.74) is 3.12.